The highest BCUT2D eigenvalue weighted by Gasteiger charge is 2.26. The van der Waals surface area contributed by atoms with E-state index in [1.165, 1.54) is 6.07 Å². The van der Waals surface area contributed by atoms with Crippen LogP contribution in [-0.2, 0) is 4.74 Å². The lowest BCUT2D eigenvalue weighted by Crippen LogP contribution is -2.22. The second kappa shape index (κ2) is 4.70. The van der Waals surface area contributed by atoms with Crippen LogP contribution in [-0.4, -0.2) is 13.2 Å². The molecule has 1 aromatic rings. The van der Waals surface area contributed by atoms with Crippen LogP contribution in [0.4, 0.5) is 4.39 Å². The Labute approximate surface area is 99.5 Å². The van der Waals surface area contributed by atoms with Crippen molar-refractivity contribution in [1.82, 2.24) is 0 Å². The van der Waals surface area contributed by atoms with Gasteiger partial charge in [-0.25, -0.2) is 4.39 Å². The van der Waals surface area contributed by atoms with Crippen molar-refractivity contribution in [3.05, 3.63) is 34.1 Å². The van der Waals surface area contributed by atoms with Gasteiger partial charge in [-0.15, -0.1) is 0 Å². The molecule has 0 bridgehead atoms. The summed E-state index contributed by atoms with van der Waals surface area (Å²) < 4.78 is 18.5. The Hall–Kier alpha value is -0.640. The zero-order valence-electron chi connectivity index (χ0n) is 9.17. The maximum absolute atomic E-state index is 13.3. The number of hydrogen-bond donors (Lipinski definition) is 1. The van der Waals surface area contributed by atoms with Gasteiger partial charge in [0, 0.05) is 23.6 Å². The Balaban J connectivity index is 2.28. The Bertz CT molecular complexity index is 391. The normalized spacial score (nSPS) is 22.4. The molecule has 0 radical (unpaired) electrons. The van der Waals surface area contributed by atoms with Gasteiger partial charge in [-0.05, 0) is 30.5 Å². The first kappa shape index (κ1) is 11.8. The molecule has 1 saturated heterocycles. The van der Waals surface area contributed by atoms with E-state index in [9.17, 15) is 4.39 Å². The van der Waals surface area contributed by atoms with E-state index in [1.54, 1.807) is 13.0 Å². The van der Waals surface area contributed by atoms with Gasteiger partial charge in [0.05, 0.1) is 6.61 Å². The fourth-order valence-electron chi connectivity index (χ4n) is 2.02. The van der Waals surface area contributed by atoms with E-state index in [2.05, 4.69) is 0 Å². The minimum absolute atomic E-state index is 0.172. The molecule has 1 aliphatic heterocycles. The van der Waals surface area contributed by atoms with Gasteiger partial charge in [-0.2, -0.15) is 0 Å². The average Bonchev–Trinajstić information content (AvgIpc) is 2.75. The van der Waals surface area contributed by atoms with Crippen LogP contribution in [0, 0.1) is 18.7 Å². The monoisotopic (exact) mass is 243 g/mol. The standard InChI is InChI=1S/C12H15ClFNO/c1-7-4-9(10(13)5-11(7)14)12(15)8-2-3-16-6-8/h4-5,8,12H,2-3,6,15H2,1H3. The second-order valence-electron chi connectivity index (χ2n) is 4.27. The molecule has 0 saturated carbocycles. The molecule has 16 heavy (non-hydrogen) atoms. The van der Waals surface area contributed by atoms with Crippen LogP contribution in [0.15, 0.2) is 12.1 Å². The van der Waals surface area contributed by atoms with E-state index in [-0.39, 0.29) is 17.8 Å². The lowest BCUT2D eigenvalue weighted by molar-refractivity contribution is 0.181. The molecule has 1 aliphatic rings. The molecule has 0 aromatic heterocycles. The molecule has 1 fully saturated rings. The van der Waals surface area contributed by atoms with E-state index in [0.29, 0.717) is 17.2 Å². The van der Waals surface area contributed by atoms with Gasteiger partial charge in [0.1, 0.15) is 5.82 Å². The molecule has 4 heteroatoms. The Kier molecular flexibility index (Phi) is 3.47. The second-order valence-corrected chi connectivity index (χ2v) is 4.68. The highest BCUT2D eigenvalue weighted by atomic mass is 35.5. The van der Waals surface area contributed by atoms with Crippen LogP contribution >= 0.6 is 11.6 Å². The quantitative estimate of drug-likeness (QED) is 0.867. The first-order valence-corrected chi connectivity index (χ1v) is 5.76. The molecule has 2 atom stereocenters. The van der Waals surface area contributed by atoms with E-state index in [4.69, 9.17) is 22.1 Å². The van der Waals surface area contributed by atoms with Gasteiger partial charge in [-0.1, -0.05) is 17.7 Å². The van der Waals surface area contributed by atoms with Crippen molar-refractivity contribution < 1.29 is 9.13 Å². The number of rotatable bonds is 2. The Morgan fingerprint density at radius 3 is 2.94 bits per heavy atom. The molecular formula is C12H15ClFNO. The van der Waals surface area contributed by atoms with Crippen LogP contribution in [0.25, 0.3) is 0 Å². The van der Waals surface area contributed by atoms with Crippen molar-refractivity contribution in [2.45, 2.75) is 19.4 Å². The predicted molar refractivity (Wildman–Crippen MR) is 62.0 cm³/mol. The third-order valence-corrected chi connectivity index (χ3v) is 3.44. The van der Waals surface area contributed by atoms with Crippen LogP contribution in [0.2, 0.25) is 5.02 Å². The molecule has 2 N–H and O–H groups in total. The van der Waals surface area contributed by atoms with Gasteiger partial charge in [0.25, 0.3) is 0 Å². The predicted octanol–water partition coefficient (Wildman–Crippen LogP) is 2.82. The third-order valence-electron chi connectivity index (χ3n) is 3.11. The summed E-state index contributed by atoms with van der Waals surface area (Å²) in [7, 11) is 0. The summed E-state index contributed by atoms with van der Waals surface area (Å²) in [4.78, 5) is 0. The van der Waals surface area contributed by atoms with Crippen molar-refractivity contribution in [2.24, 2.45) is 11.7 Å². The Morgan fingerprint density at radius 2 is 2.31 bits per heavy atom. The Morgan fingerprint density at radius 1 is 1.56 bits per heavy atom. The third kappa shape index (κ3) is 2.21. The summed E-state index contributed by atoms with van der Waals surface area (Å²) in [6, 6.07) is 2.90. The van der Waals surface area contributed by atoms with Gasteiger partial charge in [0.15, 0.2) is 0 Å². The van der Waals surface area contributed by atoms with Crippen LogP contribution < -0.4 is 5.73 Å². The van der Waals surface area contributed by atoms with Crippen LogP contribution in [0.5, 0.6) is 0 Å². The van der Waals surface area contributed by atoms with Gasteiger partial charge in [0.2, 0.25) is 0 Å². The first-order chi connectivity index (χ1) is 7.59. The van der Waals surface area contributed by atoms with E-state index in [0.717, 1.165) is 18.6 Å². The SMILES string of the molecule is Cc1cc(C(N)C2CCOC2)c(Cl)cc1F. The minimum Gasteiger partial charge on any atom is -0.381 e. The average molecular weight is 244 g/mol. The highest BCUT2D eigenvalue weighted by Crippen LogP contribution is 2.32. The largest absolute Gasteiger partial charge is 0.381 e. The first-order valence-electron chi connectivity index (χ1n) is 5.38. The van der Waals surface area contributed by atoms with Gasteiger partial charge < -0.3 is 10.5 Å². The zero-order valence-corrected chi connectivity index (χ0v) is 9.93. The summed E-state index contributed by atoms with van der Waals surface area (Å²) in [5.41, 5.74) is 7.53. The summed E-state index contributed by atoms with van der Waals surface area (Å²) in [5.74, 6) is -0.00835. The molecule has 88 valence electrons. The topological polar surface area (TPSA) is 35.2 Å². The summed E-state index contributed by atoms with van der Waals surface area (Å²) in [5, 5.41) is 0.405. The maximum Gasteiger partial charge on any atom is 0.127 e. The van der Waals surface area contributed by atoms with E-state index >= 15 is 0 Å². The van der Waals surface area contributed by atoms with Crippen LogP contribution in [0.1, 0.15) is 23.6 Å². The number of nitrogens with two attached hydrogens (primary N) is 1. The summed E-state index contributed by atoms with van der Waals surface area (Å²) in [6.07, 6.45) is 0.938. The molecule has 0 spiro atoms. The molecule has 0 aliphatic carbocycles. The summed E-state index contributed by atoms with van der Waals surface area (Å²) in [6.45, 7) is 3.12. The molecule has 2 nitrogen and oxygen atoms in total. The number of hydrogen-bond acceptors (Lipinski definition) is 2. The lowest BCUT2D eigenvalue weighted by atomic mass is 9.92. The minimum atomic E-state index is -0.288. The number of benzene rings is 1. The van der Waals surface area contributed by atoms with E-state index in [1.807, 2.05) is 0 Å². The smallest absolute Gasteiger partial charge is 0.127 e. The van der Waals surface area contributed by atoms with Crippen LogP contribution in [0.3, 0.4) is 0 Å². The van der Waals surface area contributed by atoms with Crippen molar-refractivity contribution in [1.29, 1.82) is 0 Å². The number of ether oxygens (including phenoxy) is 1. The van der Waals surface area contributed by atoms with Crippen molar-refractivity contribution >= 4 is 11.6 Å². The molecular weight excluding hydrogens is 229 g/mol. The zero-order chi connectivity index (χ0) is 11.7. The maximum atomic E-state index is 13.3. The van der Waals surface area contributed by atoms with Crippen molar-refractivity contribution in [3.63, 3.8) is 0 Å². The number of aryl methyl sites for hydroxylation is 1. The number of halogens is 2. The van der Waals surface area contributed by atoms with Gasteiger partial charge in [-0.3, -0.25) is 0 Å². The van der Waals surface area contributed by atoms with Crippen molar-refractivity contribution in [3.8, 4) is 0 Å². The molecule has 2 unspecified atom stereocenters. The van der Waals surface area contributed by atoms with Gasteiger partial charge >= 0.3 is 0 Å². The fourth-order valence-corrected chi connectivity index (χ4v) is 2.30. The van der Waals surface area contributed by atoms with Crippen molar-refractivity contribution in [2.75, 3.05) is 13.2 Å². The highest BCUT2D eigenvalue weighted by molar-refractivity contribution is 6.31. The molecule has 2 rings (SSSR count). The van der Waals surface area contributed by atoms with E-state index < -0.39 is 0 Å². The molecule has 0 amide bonds. The molecule has 1 heterocycles. The lowest BCUT2D eigenvalue weighted by Gasteiger charge is -2.19. The summed E-state index contributed by atoms with van der Waals surface area (Å²) >= 11 is 6.01. The molecule has 1 aromatic carbocycles. The fraction of sp³-hybridized carbons (Fsp3) is 0.500.